The first-order valence-corrected chi connectivity index (χ1v) is 19.3. The molecular formula is C42H52BF2N7O8. The number of nitriles is 1. The van der Waals surface area contributed by atoms with Gasteiger partial charge in [0.05, 0.1) is 0 Å². The van der Waals surface area contributed by atoms with Gasteiger partial charge in [-0.05, 0) is 78.2 Å². The molecule has 15 nitrogen and oxygen atoms in total. The summed E-state index contributed by atoms with van der Waals surface area (Å²) >= 11 is 0. The standard InChI is InChI=1S/C42H52BF2N7O8/c1-25-21-30(27-15-19-52(20-16-27)36(49-38(55)59-41(5,6)7)50-39(56)60-42(8,9)10)32(45)23-33(25)47-34(53)29-12-11-28(22-31(29)44)26-13-17-51(18-14-26)35(43-57-24-46)48-37(54)58-40(2,3)4/h11-13,15,21-23H,14,16-20H2,1-10H3,(H,47,53)(H,48,54)(H,49,50,55,56). The van der Waals surface area contributed by atoms with Gasteiger partial charge in [-0.3, -0.25) is 5.32 Å². The Hall–Kier alpha value is -6.25. The number of hydrogen-bond acceptors (Lipinski definition) is 10. The summed E-state index contributed by atoms with van der Waals surface area (Å²) in [5.74, 6) is -2.23. The van der Waals surface area contributed by atoms with Gasteiger partial charge in [0.1, 0.15) is 17.0 Å². The molecule has 0 bridgehead atoms. The summed E-state index contributed by atoms with van der Waals surface area (Å²) in [6.45, 7) is 18.1. The third kappa shape index (κ3) is 14.0. The Kier molecular flexibility index (Phi) is 14.9. The van der Waals surface area contributed by atoms with Crippen molar-refractivity contribution in [3.05, 3.63) is 76.4 Å². The van der Waals surface area contributed by atoms with Gasteiger partial charge in [0.25, 0.3) is 0 Å². The number of carbonyl (C=O) groups is 4. The van der Waals surface area contributed by atoms with Crippen molar-refractivity contribution in [3.63, 3.8) is 0 Å². The number of nitrogens with one attached hydrogen (secondary N) is 3. The average molecular weight is 832 g/mol. The number of carbonyl (C=O) groups excluding carboxylic acids is 4. The molecule has 2 aliphatic heterocycles. The van der Waals surface area contributed by atoms with E-state index in [1.54, 1.807) is 97.2 Å². The Morgan fingerprint density at radius 3 is 1.92 bits per heavy atom. The van der Waals surface area contributed by atoms with Gasteiger partial charge in [-0.1, -0.05) is 6.08 Å². The fraction of sp³-hybridized carbons (Fsp3) is 0.452. The zero-order valence-corrected chi connectivity index (χ0v) is 35.7. The maximum atomic E-state index is 15.7. The minimum atomic E-state index is -0.906. The second-order valence-corrected chi connectivity index (χ2v) is 17.0. The third-order valence-corrected chi connectivity index (χ3v) is 8.61. The molecule has 0 saturated carbocycles. The Morgan fingerprint density at radius 1 is 0.783 bits per heavy atom. The van der Waals surface area contributed by atoms with Crippen LogP contribution >= 0.6 is 0 Å². The first-order chi connectivity index (χ1) is 27.9. The van der Waals surface area contributed by atoms with Gasteiger partial charge in [0.15, 0.2) is 0 Å². The molecule has 2 heterocycles. The number of anilines is 1. The van der Waals surface area contributed by atoms with Gasteiger partial charge in [0.2, 0.25) is 5.96 Å². The van der Waals surface area contributed by atoms with E-state index in [0.29, 0.717) is 48.2 Å². The van der Waals surface area contributed by atoms with E-state index in [4.69, 9.17) is 24.1 Å². The normalized spacial score (nSPS) is 15.1. The predicted molar refractivity (Wildman–Crippen MR) is 224 cm³/mol. The van der Waals surface area contributed by atoms with E-state index < -0.39 is 52.6 Å². The quantitative estimate of drug-likeness (QED) is 0.0840. The van der Waals surface area contributed by atoms with Crippen LogP contribution in [-0.2, 0) is 18.9 Å². The van der Waals surface area contributed by atoms with Crippen LogP contribution in [0, 0.1) is 30.1 Å². The number of rotatable bonds is 7. The molecule has 0 aliphatic carbocycles. The average Bonchev–Trinajstić information content (AvgIpc) is 3.12. The maximum absolute atomic E-state index is 15.7. The van der Waals surface area contributed by atoms with Crippen LogP contribution in [0.4, 0.5) is 28.9 Å². The van der Waals surface area contributed by atoms with Gasteiger partial charge in [0, 0.05) is 18.7 Å². The molecular weight excluding hydrogens is 779 g/mol. The minimum absolute atomic E-state index is 0.0783. The fourth-order valence-corrected chi connectivity index (χ4v) is 6.02. The summed E-state index contributed by atoms with van der Waals surface area (Å²) in [4.78, 5) is 58.2. The Bertz CT molecular complexity index is 2160. The second-order valence-electron chi connectivity index (χ2n) is 17.0. The van der Waals surface area contributed by atoms with Crippen molar-refractivity contribution in [1.82, 2.24) is 20.4 Å². The molecule has 0 saturated heterocycles. The number of halogens is 2. The second kappa shape index (κ2) is 19.2. The van der Waals surface area contributed by atoms with Crippen LogP contribution in [0.2, 0.25) is 0 Å². The van der Waals surface area contributed by atoms with Crippen LogP contribution < -0.4 is 16.0 Å². The molecule has 2 aromatic carbocycles. The summed E-state index contributed by atoms with van der Waals surface area (Å²) in [5, 5.41) is 16.6. The first kappa shape index (κ1) is 46.4. The number of hydrogen-bond donors (Lipinski definition) is 3. The third-order valence-electron chi connectivity index (χ3n) is 8.61. The number of amides is 4. The molecule has 4 rings (SSSR count). The summed E-state index contributed by atoms with van der Waals surface area (Å²) < 4.78 is 51.9. The van der Waals surface area contributed by atoms with Crippen LogP contribution in [0.15, 0.2) is 47.5 Å². The molecule has 0 aromatic heterocycles. The molecule has 2 aromatic rings. The van der Waals surface area contributed by atoms with E-state index in [9.17, 15) is 19.2 Å². The fourth-order valence-electron chi connectivity index (χ4n) is 6.02. The molecule has 18 heteroatoms. The van der Waals surface area contributed by atoms with Crippen molar-refractivity contribution in [1.29, 1.82) is 5.26 Å². The van der Waals surface area contributed by atoms with Gasteiger partial charge < -0.3 is 14.4 Å². The molecule has 3 N–H and O–H groups in total. The predicted octanol–water partition coefficient (Wildman–Crippen LogP) is 7.25. The summed E-state index contributed by atoms with van der Waals surface area (Å²) in [6.07, 6.45) is 3.43. The number of alkyl carbamates (subject to hydrolysis) is 2. The van der Waals surface area contributed by atoms with Crippen LogP contribution in [0.1, 0.15) is 102 Å². The van der Waals surface area contributed by atoms with Gasteiger partial charge >= 0.3 is 186 Å². The number of aliphatic imine (C=N–C) groups is 1. The molecule has 60 heavy (non-hydrogen) atoms. The molecule has 0 atom stereocenters. The van der Waals surface area contributed by atoms with Crippen molar-refractivity contribution in [3.8, 4) is 6.26 Å². The van der Waals surface area contributed by atoms with Crippen molar-refractivity contribution in [2.75, 3.05) is 31.5 Å². The molecule has 0 unspecified atom stereocenters. The Morgan fingerprint density at radius 2 is 1.37 bits per heavy atom. The molecule has 4 amide bonds. The molecule has 0 spiro atoms. The number of aryl methyl sites for hydroxylation is 1. The Labute approximate surface area is 349 Å². The zero-order valence-electron chi connectivity index (χ0n) is 35.7. The molecule has 2 aliphatic rings. The first-order valence-electron chi connectivity index (χ1n) is 19.3. The van der Waals surface area contributed by atoms with Crippen LogP contribution in [0.25, 0.3) is 11.1 Å². The van der Waals surface area contributed by atoms with E-state index in [0.717, 1.165) is 12.7 Å². The van der Waals surface area contributed by atoms with Gasteiger partial charge in [-0.2, -0.15) is 0 Å². The van der Waals surface area contributed by atoms with Crippen LogP contribution in [-0.4, -0.2) is 95.8 Å². The molecule has 0 radical (unpaired) electrons. The number of guanidine groups is 1. The van der Waals surface area contributed by atoms with E-state index in [-0.39, 0.29) is 36.0 Å². The van der Waals surface area contributed by atoms with Crippen molar-refractivity contribution >= 4 is 59.8 Å². The van der Waals surface area contributed by atoms with E-state index in [1.807, 2.05) is 6.08 Å². The van der Waals surface area contributed by atoms with E-state index >= 15 is 8.78 Å². The number of ether oxygens (including phenoxy) is 3. The number of benzene rings is 2. The zero-order chi connectivity index (χ0) is 44.6. The van der Waals surface area contributed by atoms with Gasteiger partial charge in [-0.25, -0.2) is 14.0 Å². The van der Waals surface area contributed by atoms with Gasteiger partial charge in [-0.15, -0.1) is 4.99 Å². The molecule has 0 fully saturated rings. The summed E-state index contributed by atoms with van der Waals surface area (Å²) in [5.41, 5.74) is 0.608. The monoisotopic (exact) mass is 831 g/mol. The SMILES string of the molecule is Cc1cc(C2=CCN(/C(=N\C(=O)OC(C)(C)C)NC(=O)OC(C)(C)C)CC2)c(F)cc1NC(=O)c1ccc(C2=CCN(C(=BOC#N)NC(=O)OC(C)(C)C)CC2)cc1F. The van der Waals surface area contributed by atoms with Crippen molar-refractivity contribution < 1.29 is 46.8 Å². The van der Waals surface area contributed by atoms with E-state index in [1.165, 1.54) is 24.5 Å². The van der Waals surface area contributed by atoms with Crippen LogP contribution in [0.3, 0.4) is 0 Å². The van der Waals surface area contributed by atoms with Crippen LogP contribution in [0.5, 0.6) is 0 Å². The summed E-state index contributed by atoms with van der Waals surface area (Å²) in [6, 6.07) is 7.01. The van der Waals surface area contributed by atoms with E-state index in [2.05, 4.69) is 20.9 Å². The molecule has 320 valence electrons. The van der Waals surface area contributed by atoms with Crippen molar-refractivity contribution in [2.45, 2.75) is 98.9 Å². The Balaban J connectivity index is 1.44. The topological polar surface area (TPSA) is 184 Å². The van der Waals surface area contributed by atoms with Crippen molar-refractivity contribution in [2.24, 2.45) is 4.99 Å². The number of nitrogens with zero attached hydrogens (tertiary/aromatic N) is 4. The summed E-state index contributed by atoms with van der Waals surface area (Å²) in [7, 11) is 1.11.